The molecule has 0 aliphatic carbocycles. The first kappa shape index (κ1) is 11.7. The van der Waals surface area contributed by atoms with Crippen LogP contribution in [0.25, 0.3) is 0 Å². The van der Waals surface area contributed by atoms with Gasteiger partial charge in [0.15, 0.2) is 0 Å². The summed E-state index contributed by atoms with van der Waals surface area (Å²) in [5, 5.41) is 17.6. The van der Waals surface area contributed by atoms with Gasteiger partial charge in [-0.05, 0) is 11.6 Å². The summed E-state index contributed by atoms with van der Waals surface area (Å²) in [4.78, 5) is 31.9. The second-order valence-electron chi connectivity index (χ2n) is 3.04. The number of carbonyl (C=O) groups excluding carboxylic acids is 1. The molecule has 6 heteroatoms. The molecule has 0 saturated carbocycles. The molecule has 0 unspecified atom stereocenters. The van der Waals surface area contributed by atoms with Crippen LogP contribution in [-0.4, -0.2) is 28.4 Å². The van der Waals surface area contributed by atoms with Gasteiger partial charge in [-0.1, -0.05) is 6.07 Å². The molecular formula is C10H9NO5. The number of rotatable bonds is 4. The first-order valence-corrected chi connectivity index (χ1v) is 4.30. The number of hydrogen-bond donors (Lipinski definition) is 3. The van der Waals surface area contributed by atoms with Crippen molar-refractivity contribution in [3.05, 3.63) is 28.8 Å². The Morgan fingerprint density at radius 3 is 2.31 bits per heavy atom. The maximum absolute atomic E-state index is 10.9. The van der Waals surface area contributed by atoms with Gasteiger partial charge < -0.3 is 20.7 Å². The van der Waals surface area contributed by atoms with E-state index in [1.807, 2.05) is 0 Å². The number of aromatic carboxylic acids is 2. The molecule has 0 bridgehead atoms. The molecule has 84 valence electrons. The number of carbonyl (C=O) groups is 3. The zero-order valence-electron chi connectivity index (χ0n) is 8.14. The molecule has 0 atom stereocenters. The van der Waals surface area contributed by atoms with E-state index in [1.165, 1.54) is 6.07 Å². The van der Waals surface area contributed by atoms with E-state index in [-0.39, 0.29) is 17.7 Å². The highest BCUT2D eigenvalue weighted by Crippen LogP contribution is 2.22. The fraction of sp³-hybridized carbons (Fsp3) is 0.100. The third-order valence-electron chi connectivity index (χ3n) is 2.08. The van der Waals surface area contributed by atoms with Gasteiger partial charge in [0.1, 0.15) is 6.29 Å². The fourth-order valence-electron chi connectivity index (χ4n) is 1.34. The lowest BCUT2D eigenvalue weighted by Gasteiger charge is -2.08. The molecule has 0 fully saturated rings. The third-order valence-corrected chi connectivity index (χ3v) is 2.08. The van der Waals surface area contributed by atoms with E-state index in [1.54, 1.807) is 0 Å². The molecule has 0 radical (unpaired) electrons. The Hall–Kier alpha value is -2.37. The van der Waals surface area contributed by atoms with Gasteiger partial charge in [-0.2, -0.15) is 0 Å². The number of aldehydes is 1. The van der Waals surface area contributed by atoms with Crippen LogP contribution in [0.1, 0.15) is 26.3 Å². The molecule has 0 spiro atoms. The monoisotopic (exact) mass is 223 g/mol. The van der Waals surface area contributed by atoms with Crippen LogP contribution in [-0.2, 0) is 11.2 Å². The number of hydrogen-bond acceptors (Lipinski definition) is 4. The number of nitrogen functional groups attached to an aromatic ring is 1. The molecule has 1 aromatic rings. The molecular weight excluding hydrogens is 214 g/mol. The maximum atomic E-state index is 10.9. The Morgan fingerprint density at radius 1 is 1.25 bits per heavy atom. The summed E-state index contributed by atoms with van der Waals surface area (Å²) in [5.41, 5.74) is 4.76. The van der Waals surface area contributed by atoms with Gasteiger partial charge in [0.2, 0.25) is 0 Å². The van der Waals surface area contributed by atoms with Crippen LogP contribution in [0.3, 0.4) is 0 Å². The molecule has 0 aromatic heterocycles. The molecule has 16 heavy (non-hydrogen) atoms. The van der Waals surface area contributed by atoms with E-state index >= 15 is 0 Å². The molecule has 4 N–H and O–H groups in total. The summed E-state index contributed by atoms with van der Waals surface area (Å²) in [7, 11) is 0. The molecule has 0 aliphatic rings. The van der Waals surface area contributed by atoms with Crippen molar-refractivity contribution in [2.24, 2.45) is 0 Å². The Balaban J connectivity index is 3.47. The lowest BCUT2D eigenvalue weighted by Crippen LogP contribution is -2.13. The highest BCUT2D eigenvalue weighted by molar-refractivity contribution is 6.06. The SMILES string of the molecule is Nc1c(CC=O)ccc(C(=O)O)c1C(=O)O. The van der Waals surface area contributed by atoms with E-state index < -0.39 is 17.5 Å². The average Bonchev–Trinajstić information content (AvgIpc) is 2.20. The first-order chi connectivity index (χ1) is 7.49. The van der Waals surface area contributed by atoms with E-state index in [0.717, 1.165) is 6.07 Å². The minimum Gasteiger partial charge on any atom is -0.478 e. The van der Waals surface area contributed by atoms with Crippen molar-refractivity contribution in [3.63, 3.8) is 0 Å². The van der Waals surface area contributed by atoms with Crippen molar-refractivity contribution in [1.29, 1.82) is 0 Å². The lowest BCUT2D eigenvalue weighted by molar-refractivity contribution is -0.107. The summed E-state index contributed by atoms with van der Waals surface area (Å²) < 4.78 is 0. The Bertz CT molecular complexity index is 467. The van der Waals surface area contributed by atoms with Crippen molar-refractivity contribution in [2.45, 2.75) is 6.42 Å². The van der Waals surface area contributed by atoms with Crippen LogP contribution < -0.4 is 5.73 Å². The molecule has 1 rings (SSSR count). The first-order valence-electron chi connectivity index (χ1n) is 4.30. The van der Waals surface area contributed by atoms with Crippen molar-refractivity contribution >= 4 is 23.9 Å². The standard InChI is InChI=1S/C10H9NO5/c11-8-5(3-4-12)1-2-6(9(13)14)7(8)10(15)16/h1-2,4H,3,11H2,(H,13,14)(H,15,16). The number of nitrogens with two attached hydrogens (primary N) is 1. The molecule has 0 aliphatic heterocycles. The molecule has 0 saturated heterocycles. The van der Waals surface area contributed by atoms with E-state index in [4.69, 9.17) is 15.9 Å². The van der Waals surface area contributed by atoms with Crippen LogP contribution in [0.15, 0.2) is 12.1 Å². The zero-order valence-corrected chi connectivity index (χ0v) is 8.14. The normalized spacial score (nSPS) is 9.75. The van der Waals surface area contributed by atoms with Gasteiger partial charge in [-0.15, -0.1) is 0 Å². The minimum atomic E-state index is -1.43. The summed E-state index contributed by atoms with van der Waals surface area (Å²) in [6, 6.07) is 2.46. The van der Waals surface area contributed by atoms with Gasteiger partial charge in [-0.3, -0.25) is 0 Å². The highest BCUT2D eigenvalue weighted by Gasteiger charge is 2.20. The van der Waals surface area contributed by atoms with E-state index in [9.17, 15) is 14.4 Å². The lowest BCUT2D eigenvalue weighted by atomic mass is 9.99. The topological polar surface area (TPSA) is 118 Å². The van der Waals surface area contributed by atoms with Crippen molar-refractivity contribution in [1.82, 2.24) is 0 Å². The Morgan fingerprint density at radius 2 is 1.88 bits per heavy atom. The van der Waals surface area contributed by atoms with Crippen molar-refractivity contribution < 1.29 is 24.6 Å². The predicted octanol–water partition coefficient (Wildman–Crippen LogP) is 0.407. The highest BCUT2D eigenvalue weighted by atomic mass is 16.4. The Labute approximate surface area is 90.3 Å². The van der Waals surface area contributed by atoms with Crippen LogP contribution >= 0.6 is 0 Å². The number of carboxylic acids is 2. The minimum absolute atomic E-state index is 0.0496. The zero-order chi connectivity index (χ0) is 12.3. The van der Waals surface area contributed by atoms with Crippen molar-refractivity contribution in [3.8, 4) is 0 Å². The van der Waals surface area contributed by atoms with Crippen LogP contribution in [0, 0.1) is 0 Å². The molecule has 6 nitrogen and oxygen atoms in total. The summed E-state index contributed by atoms with van der Waals surface area (Å²) >= 11 is 0. The largest absolute Gasteiger partial charge is 0.478 e. The number of benzene rings is 1. The van der Waals surface area contributed by atoms with Gasteiger partial charge in [0.05, 0.1) is 16.8 Å². The van der Waals surface area contributed by atoms with Gasteiger partial charge >= 0.3 is 11.9 Å². The second kappa shape index (κ2) is 4.43. The third kappa shape index (κ3) is 2.00. The fourth-order valence-corrected chi connectivity index (χ4v) is 1.34. The molecule has 0 amide bonds. The summed E-state index contributed by atoms with van der Waals surface area (Å²) in [5.74, 6) is -2.80. The van der Waals surface area contributed by atoms with Gasteiger partial charge in [-0.25, -0.2) is 9.59 Å². The van der Waals surface area contributed by atoms with E-state index in [0.29, 0.717) is 11.8 Å². The maximum Gasteiger partial charge on any atom is 0.338 e. The summed E-state index contributed by atoms with van der Waals surface area (Å²) in [6.45, 7) is 0. The number of carboxylic acid groups (broad SMARTS) is 2. The van der Waals surface area contributed by atoms with Crippen LogP contribution in [0.2, 0.25) is 0 Å². The van der Waals surface area contributed by atoms with Crippen molar-refractivity contribution in [2.75, 3.05) is 5.73 Å². The van der Waals surface area contributed by atoms with E-state index in [2.05, 4.69) is 0 Å². The molecule has 1 aromatic carbocycles. The smallest absolute Gasteiger partial charge is 0.338 e. The summed E-state index contributed by atoms with van der Waals surface area (Å²) in [6.07, 6.45) is 0.518. The predicted molar refractivity (Wildman–Crippen MR) is 54.5 cm³/mol. The van der Waals surface area contributed by atoms with Gasteiger partial charge in [0.25, 0.3) is 0 Å². The Kier molecular flexibility index (Phi) is 3.24. The van der Waals surface area contributed by atoms with Crippen LogP contribution in [0.4, 0.5) is 5.69 Å². The second-order valence-corrected chi connectivity index (χ2v) is 3.04. The van der Waals surface area contributed by atoms with Gasteiger partial charge in [0, 0.05) is 6.42 Å². The number of anilines is 1. The average molecular weight is 223 g/mol. The quantitative estimate of drug-likeness (QED) is 0.502. The molecule has 0 heterocycles. The van der Waals surface area contributed by atoms with Crippen LogP contribution in [0.5, 0.6) is 0 Å².